The van der Waals surface area contributed by atoms with Crippen molar-refractivity contribution >= 4 is 10.0 Å². The number of hydrogen-bond donors (Lipinski definition) is 1. The van der Waals surface area contributed by atoms with E-state index < -0.39 is 10.0 Å². The van der Waals surface area contributed by atoms with Crippen molar-refractivity contribution in [3.8, 4) is 6.07 Å². The molecule has 1 aliphatic rings. The van der Waals surface area contributed by atoms with Crippen LogP contribution < -0.4 is 0 Å². The lowest BCUT2D eigenvalue weighted by Crippen LogP contribution is -2.39. The van der Waals surface area contributed by atoms with Gasteiger partial charge in [0.15, 0.2) is 0 Å². The molecule has 0 aliphatic heterocycles. The SMILES string of the molecule is Cc1cc(S(=O)(=O)N(C)CC2CC(O)C2)ccc1C#N. The minimum absolute atomic E-state index is 0.205. The van der Waals surface area contributed by atoms with Crippen LogP contribution in [0, 0.1) is 24.2 Å². The van der Waals surface area contributed by atoms with E-state index in [1.807, 2.05) is 6.07 Å². The van der Waals surface area contributed by atoms with E-state index in [0.29, 0.717) is 30.5 Å². The summed E-state index contributed by atoms with van der Waals surface area (Å²) < 4.78 is 26.2. The molecule has 0 amide bonds. The molecule has 6 heteroatoms. The van der Waals surface area contributed by atoms with Gasteiger partial charge >= 0.3 is 0 Å². The number of rotatable bonds is 4. The van der Waals surface area contributed by atoms with Crippen molar-refractivity contribution in [1.29, 1.82) is 5.26 Å². The van der Waals surface area contributed by atoms with E-state index in [1.54, 1.807) is 14.0 Å². The highest BCUT2D eigenvalue weighted by molar-refractivity contribution is 7.89. The van der Waals surface area contributed by atoms with Crippen molar-refractivity contribution in [2.45, 2.75) is 30.8 Å². The van der Waals surface area contributed by atoms with Crippen molar-refractivity contribution in [3.05, 3.63) is 29.3 Å². The number of aliphatic hydroxyl groups excluding tert-OH is 1. The van der Waals surface area contributed by atoms with E-state index in [1.165, 1.54) is 22.5 Å². The molecule has 0 radical (unpaired) electrons. The largest absolute Gasteiger partial charge is 0.393 e. The van der Waals surface area contributed by atoms with Crippen molar-refractivity contribution < 1.29 is 13.5 Å². The predicted octanol–water partition coefficient (Wildman–Crippen LogP) is 1.26. The second-order valence-electron chi connectivity index (χ2n) is 5.37. The number of nitrogens with zero attached hydrogens (tertiary/aromatic N) is 2. The van der Waals surface area contributed by atoms with Gasteiger partial charge in [-0.3, -0.25) is 0 Å². The van der Waals surface area contributed by atoms with Gasteiger partial charge < -0.3 is 5.11 Å². The van der Waals surface area contributed by atoms with E-state index in [0.717, 1.165) is 0 Å². The number of sulfonamides is 1. The van der Waals surface area contributed by atoms with Crippen LogP contribution in [0.4, 0.5) is 0 Å². The molecule has 1 N–H and O–H groups in total. The Morgan fingerprint density at radius 3 is 2.60 bits per heavy atom. The number of benzene rings is 1. The van der Waals surface area contributed by atoms with Gasteiger partial charge in [-0.1, -0.05) is 0 Å². The molecule has 0 spiro atoms. The van der Waals surface area contributed by atoms with Gasteiger partial charge in [0.2, 0.25) is 10.0 Å². The standard InChI is InChI=1S/C14H18N2O3S/c1-10-5-14(4-3-12(10)8-15)20(18,19)16(2)9-11-6-13(17)7-11/h3-5,11,13,17H,6-7,9H2,1-2H3. The maximum absolute atomic E-state index is 12.4. The van der Waals surface area contributed by atoms with Gasteiger partial charge in [0.25, 0.3) is 0 Å². The Morgan fingerprint density at radius 2 is 2.10 bits per heavy atom. The van der Waals surface area contributed by atoms with Crippen LogP contribution in [0.15, 0.2) is 23.1 Å². The molecule has 20 heavy (non-hydrogen) atoms. The van der Waals surface area contributed by atoms with Crippen molar-refractivity contribution in [1.82, 2.24) is 4.31 Å². The summed E-state index contributed by atoms with van der Waals surface area (Å²) in [6.07, 6.45) is 1.03. The molecular weight excluding hydrogens is 276 g/mol. The Balaban J connectivity index is 2.17. The molecule has 1 aromatic rings. The molecule has 1 aromatic carbocycles. The van der Waals surface area contributed by atoms with Crippen LogP contribution in [0.1, 0.15) is 24.0 Å². The van der Waals surface area contributed by atoms with Gasteiger partial charge in [0.1, 0.15) is 0 Å². The minimum Gasteiger partial charge on any atom is -0.393 e. The first kappa shape index (κ1) is 15.0. The fourth-order valence-corrected chi connectivity index (χ4v) is 3.75. The second-order valence-corrected chi connectivity index (χ2v) is 7.41. The predicted molar refractivity (Wildman–Crippen MR) is 74.4 cm³/mol. The lowest BCUT2D eigenvalue weighted by molar-refractivity contribution is 0.0367. The highest BCUT2D eigenvalue weighted by Gasteiger charge is 2.31. The maximum atomic E-state index is 12.4. The van der Waals surface area contributed by atoms with Gasteiger partial charge in [-0.05, 0) is 49.4 Å². The molecule has 0 heterocycles. The summed E-state index contributed by atoms with van der Waals surface area (Å²) in [4.78, 5) is 0.205. The van der Waals surface area contributed by atoms with Crippen LogP contribution in [-0.4, -0.2) is 37.5 Å². The summed E-state index contributed by atoms with van der Waals surface area (Å²) in [5, 5.41) is 18.1. The Hall–Kier alpha value is -1.42. The smallest absolute Gasteiger partial charge is 0.242 e. The van der Waals surface area contributed by atoms with E-state index in [-0.39, 0.29) is 16.9 Å². The van der Waals surface area contributed by atoms with E-state index >= 15 is 0 Å². The van der Waals surface area contributed by atoms with Gasteiger partial charge in [-0.15, -0.1) is 0 Å². The first-order valence-corrected chi connectivity index (χ1v) is 7.93. The van der Waals surface area contributed by atoms with Crippen LogP contribution in [0.25, 0.3) is 0 Å². The van der Waals surface area contributed by atoms with Crippen molar-refractivity contribution in [2.24, 2.45) is 5.92 Å². The summed E-state index contributed by atoms with van der Waals surface area (Å²) in [5.74, 6) is 0.226. The molecular formula is C14H18N2O3S. The fraction of sp³-hybridized carbons (Fsp3) is 0.500. The van der Waals surface area contributed by atoms with E-state index in [2.05, 4.69) is 0 Å². The normalized spacial score (nSPS) is 22.4. The lowest BCUT2D eigenvalue weighted by atomic mass is 9.82. The third kappa shape index (κ3) is 2.85. The Morgan fingerprint density at radius 1 is 1.45 bits per heavy atom. The fourth-order valence-electron chi connectivity index (χ4n) is 2.41. The van der Waals surface area contributed by atoms with Crippen LogP contribution in [0.5, 0.6) is 0 Å². The molecule has 1 aliphatic carbocycles. The van der Waals surface area contributed by atoms with Gasteiger partial charge in [0, 0.05) is 13.6 Å². The van der Waals surface area contributed by atoms with Gasteiger partial charge in [0.05, 0.1) is 22.6 Å². The molecule has 1 fully saturated rings. The topological polar surface area (TPSA) is 81.4 Å². The number of aliphatic hydroxyl groups is 1. The minimum atomic E-state index is -3.53. The monoisotopic (exact) mass is 294 g/mol. The summed E-state index contributed by atoms with van der Waals surface area (Å²) in [7, 11) is -1.98. The molecule has 0 unspecified atom stereocenters. The third-order valence-corrected chi connectivity index (χ3v) is 5.57. The van der Waals surface area contributed by atoms with E-state index in [9.17, 15) is 13.5 Å². The van der Waals surface area contributed by atoms with Crippen LogP contribution >= 0.6 is 0 Å². The summed E-state index contributed by atoms with van der Waals surface area (Å²) in [6.45, 7) is 2.14. The molecule has 0 aromatic heterocycles. The third-order valence-electron chi connectivity index (χ3n) is 3.75. The molecule has 0 bridgehead atoms. The number of aryl methyl sites for hydroxylation is 1. The van der Waals surface area contributed by atoms with Crippen LogP contribution in [-0.2, 0) is 10.0 Å². The quantitative estimate of drug-likeness (QED) is 0.906. The molecule has 2 rings (SSSR count). The highest BCUT2D eigenvalue weighted by atomic mass is 32.2. The molecule has 108 valence electrons. The highest BCUT2D eigenvalue weighted by Crippen LogP contribution is 2.29. The second kappa shape index (κ2) is 5.52. The van der Waals surface area contributed by atoms with Crippen molar-refractivity contribution in [2.75, 3.05) is 13.6 Å². The maximum Gasteiger partial charge on any atom is 0.242 e. The first-order valence-electron chi connectivity index (χ1n) is 6.49. The average Bonchev–Trinajstić information content (AvgIpc) is 2.36. The molecule has 1 saturated carbocycles. The van der Waals surface area contributed by atoms with Gasteiger partial charge in [-0.25, -0.2) is 12.7 Å². The summed E-state index contributed by atoms with van der Waals surface area (Å²) in [6, 6.07) is 6.55. The lowest BCUT2D eigenvalue weighted by Gasteiger charge is -2.34. The average molecular weight is 294 g/mol. The number of nitriles is 1. The zero-order valence-electron chi connectivity index (χ0n) is 11.6. The Bertz CT molecular complexity index is 643. The van der Waals surface area contributed by atoms with Crippen LogP contribution in [0.2, 0.25) is 0 Å². The van der Waals surface area contributed by atoms with Gasteiger partial charge in [-0.2, -0.15) is 5.26 Å². The zero-order chi connectivity index (χ0) is 14.9. The zero-order valence-corrected chi connectivity index (χ0v) is 12.4. The van der Waals surface area contributed by atoms with Crippen LogP contribution in [0.3, 0.4) is 0 Å². The molecule has 0 atom stereocenters. The van der Waals surface area contributed by atoms with E-state index in [4.69, 9.17) is 5.26 Å². The van der Waals surface area contributed by atoms with Crippen molar-refractivity contribution in [3.63, 3.8) is 0 Å². The molecule has 5 nitrogen and oxygen atoms in total. The summed E-state index contributed by atoms with van der Waals surface area (Å²) in [5.41, 5.74) is 1.13. The summed E-state index contributed by atoms with van der Waals surface area (Å²) >= 11 is 0. The number of hydrogen-bond acceptors (Lipinski definition) is 4. The first-order chi connectivity index (χ1) is 9.34. The molecule has 0 saturated heterocycles. The Labute approximate surface area is 119 Å². The Kier molecular flexibility index (Phi) is 4.14.